The first-order chi connectivity index (χ1) is 9.35. The van der Waals surface area contributed by atoms with Crippen LogP contribution in [0.2, 0.25) is 5.02 Å². The van der Waals surface area contributed by atoms with Crippen LogP contribution in [0.1, 0.15) is 20.8 Å². The third-order valence-corrected chi connectivity index (χ3v) is 3.16. The van der Waals surface area contributed by atoms with Gasteiger partial charge in [-0.1, -0.05) is 11.6 Å². The van der Waals surface area contributed by atoms with E-state index in [4.69, 9.17) is 21.1 Å². The molecule has 1 amide bonds. The number of nitrogens with zero attached hydrogens (tertiary/aromatic N) is 1. The smallest absolute Gasteiger partial charge is 0.326 e. The molecule has 1 aromatic rings. The summed E-state index contributed by atoms with van der Waals surface area (Å²) in [7, 11) is 0. The Morgan fingerprint density at radius 1 is 1.45 bits per heavy atom. The van der Waals surface area contributed by atoms with Crippen LogP contribution in [-0.4, -0.2) is 30.6 Å². The minimum Gasteiger partial charge on any atom is -0.476 e. The van der Waals surface area contributed by atoms with Gasteiger partial charge in [-0.25, -0.2) is 0 Å². The quantitative estimate of drug-likeness (QED) is 0.804. The maximum absolute atomic E-state index is 12.4. The Kier molecular flexibility index (Phi) is 3.90. The highest BCUT2D eigenvalue weighted by Crippen LogP contribution is 2.39. The second kappa shape index (κ2) is 5.32. The maximum Gasteiger partial charge on any atom is 0.326 e. The van der Waals surface area contributed by atoms with Crippen molar-refractivity contribution in [3.8, 4) is 5.75 Å². The maximum atomic E-state index is 12.4. The molecule has 6 heteroatoms. The lowest BCUT2D eigenvalue weighted by Crippen LogP contribution is -2.54. The Bertz CT molecular complexity index is 556. The first-order valence-corrected chi connectivity index (χ1v) is 6.69. The number of amides is 1. The van der Waals surface area contributed by atoms with E-state index in [0.29, 0.717) is 16.5 Å². The topological polar surface area (TPSA) is 55.8 Å². The summed E-state index contributed by atoms with van der Waals surface area (Å²) in [6.45, 7) is 5.14. The number of halogens is 1. The van der Waals surface area contributed by atoms with Crippen LogP contribution in [-0.2, 0) is 14.3 Å². The molecule has 0 saturated heterocycles. The molecule has 0 aromatic heterocycles. The van der Waals surface area contributed by atoms with Gasteiger partial charge in [0.2, 0.25) is 0 Å². The molecule has 1 aliphatic heterocycles. The van der Waals surface area contributed by atoms with E-state index in [-0.39, 0.29) is 19.1 Å². The average Bonchev–Trinajstić information content (AvgIpc) is 2.36. The summed E-state index contributed by atoms with van der Waals surface area (Å²) in [4.78, 5) is 25.4. The van der Waals surface area contributed by atoms with Crippen molar-refractivity contribution in [1.82, 2.24) is 0 Å². The number of carbonyl (C=O) groups is 2. The summed E-state index contributed by atoms with van der Waals surface area (Å²) in [6, 6.07) is 4.96. The van der Waals surface area contributed by atoms with Crippen LogP contribution in [0.3, 0.4) is 0 Å². The van der Waals surface area contributed by atoms with E-state index in [0.717, 1.165) is 0 Å². The van der Waals surface area contributed by atoms with Gasteiger partial charge in [-0.2, -0.15) is 0 Å². The number of benzene rings is 1. The first kappa shape index (κ1) is 14.7. The standard InChI is InChI=1S/C14H16ClNO4/c1-4-19-12(17)8-16-10-7-9(15)5-6-11(10)20-14(2,3)13(16)18/h5-7H,4,8H2,1-3H3. The Hall–Kier alpha value is -1.75. The largest absolute Gasteiger partial charge is 0.476 e. The van der Waals surface area contributed by atoms with E-state index < -0.39 is 11.6 Å². The van der Waals surface area contributed by atoms with Crippen LogP contribution >= 0.6 is 11.6 Å². The first-order valence-electron chi connectivity index (χ1n) is 6.31. The molecule has 1 aliphatic rings. The zero-order valence-corrected chi connectivity index (χ0v) is 12.4. The fraction of sp³-hybridized carbons (Fsp3) is 0.429. The Labute approximate surface area is 122 Å². The molecule has 0 aliphatic carbocycles. The van der Waals surface area contributed by atoms with Crippen molar-refractivity contribution < 1.29 is 19.1 Å². The predicted octanol–water partition coefficient (Wildman–Crippen LogP) is 2.41. The number of rotatable bonds is 3. The van der Waals surface area contributed by atoms with Gasteiger partial charge >= 0.3 is 5.97 Å². The van der Waals surface area contributed by atoms with Gasteiger partial charge < -0.3 is 9.47 Å². The number of fused-ring (bicyclic) bond motifs is 1. The number of ether oxygens (including phenoxy) is 2. The summed E-state index contributed by atoms with van der Waals surface area (Å²) in [5, 5.41) is 0.466. The van der Waals surface area contributed by atoms with Crippen molar-refractivity contribution in [2.24, 2.45) is 0 Å². The van der Waals surface area contributed by atoms with Crippen LogP contribution < -0.4 is 9.64 Å². The number of anilines is 1. The number of hydrogen-bond acceptors (Lipinski definition) is 4. The van der Waals surface area contributed by atoms with Crippen molar-refractivity contribution in [2.75, 3.05) is 18.1 Å². The van der Waals surface area contributed by atoms with Crippen molar-refractivity contribution in [3.63, 3.8) is 0 Å². The minimum atomic E-state index is -1.03. The average molecular weight is 298 g/mol. The summed E-state index contributed by atoms with van der Waals surface area (Å²) in [5.41, 5.74) is -0.553. The van der Waals surface area contributed by atoms with Crippen molar-refractivity contribution in [2.45, 2.75) is 26.4 Å². The summed E-state index contributed by atoms with van der Waals surface area (Å²) in [5.74, 6) is -0.256. The molecule has 0 atom stereocenters. The fourth-order valence-electron chi connectivity index (χ4n) is 2.03. The second-order valence-corrected chi connectivity index (χ2v) is 5.36. The molecule has 108 valence electrons. The normalized spacial score (nSPS) is 16.4. The van der Waals surface area contributed by atoms with Gasteiger partial charge in [-0.3, -0.25) is 14.5 Å². The van der Waals surface area contributed by atoms with E-state index in [9.17, 15) is 9.59 Å². The molecule has 5 nitrogen and oxygen atoms in total. The van der Waals surface area contributed by atoms with Gasteiger partial charge in [0.05, 0.1) is 12.3 Å². The Morgan fingerprint density at radius 3 is 2.80 bits per heavy atom. The van der Waals surface area contributed by atoms with Gasteiger partial charge in [-0.15, -0.1) is 0 Å². The van der Waals surface area contributed by atoms with E-state index >= 15 is 0 Å². The van der Waals surface area contributed by atoms with E-state index in [1.54, 1.807) is 39.0 Å². The summed E-state index contributed by atoms with van der Waals surface area (Å²) in [6.07, 6.45) is 0. The van der Waals surface area contributed by atoms with Gasteiger partial charge in [0.1, 0.15) is 12.3 Å². The minimum absolute atomic E-state index is 0.160. The molecule has 0 saturated carbocycles. The molecule has 1 heterocycles. The highest BCUT2D eigenvalue weighted by molar-refractivity contribution is 6.31. The molecule has 0 bridgehead atoms. The van der Waals surface area contributed by atoms with Crippen LogP contribution in [0, 0.1) is 0 Å². The summed E-state index contributed by atoms with van der Waals surface area (Å²) < 4.78 is 10.6. The zero-order valence-electron chi connectivity index (χ0n) is 11.6. The van der Waals surface area contributed by atoms with Gasteiger partial charge in [-0.05, 0) is 39.0 Å². The third-order valence-electron chi connectivity index (χ3n) is 2.93. The van der Waals surface area contributed by atoms with E-state index in [1.165, 1.54) is 4.90 Å². The van der Waals surface area contributed by atoms with Gasteiger partial charge in [0.15, 0.2) is 5.60 Å². The highest BCUT2D eigenvalue weighted by atomic mass is 35.5. The van der Waals surface area contributed by atoms with Crippen molar-refractivity contribution in [1.29, 1.82) is 0 Å². The molecule has 0 fully saturated rings. The molecule has 20 heavy (non-hydrogen) atoms. The lowest BCUT2D eigenvalue weighted by Gasteiger charge is -2.38. The molecule has 1 aromatic carbocycles. The fourth-order valence-corrected chi connectivity index (χ4v) is 2.20. The Balaban J connectivity index is 2.40. The van der Waals surface area contributed by atoms with Crippen LogP contribution in [0.25, 0.3) is 0 Å². The predicted molar refractivity (Wildman–Crippen MR) is 75.1 cm³/mol. The Morgan fingerprint density at radius 2 is 2.15 bits per heavy atom. The monoisotopic (exact) mass is 297 g/mol. The molecule has 0 N–H and O–H groups in total. The van der Waals surface area contributed by atoms with Crippen molar-refractivity contribution >= 4 is 29.2 Å². The van der Waals surface area contributed by atoms with E-state index in [1.807, 2.05) is 0 Å². The number of hydrogen-bond donors (Lipinski definition) is 0. The molecule has 0 unspecified atom stereocenters. The molecular formula is C14H16ClNO4. The highest BCUT2D eigenvalue weighted by Gasteiger charge is 2.41. The molecule has 0 radical (unpaired) electrons. The lowest BCUT2D eigenvalue weighted by atomic mass is 10.0. The SMILES string of the molecule is CCOC(=O)CN1C(=O)C(C)(C)Oc2ccc(Cl)cc21. The lowest BCUT2D eigenvalue weighted by molar-refractivity contribution is -0.144. The van der Waals surface area contributed by atoms with Crippen LogP contribution in [0.5, 0.6) is 5.75 Å². The number of carbonyl (C=O) groups excluding carboxylic acids is 2. The number of esters is 1. The van der Waals surface area contributed by atoms with E-state index in [2.05, 4.69) is 0 Å². The van der Waals surface area contributed by atoms with Gasteiger partial charge in [0.25, 0.3) is 5.91 Å². The molecular weight excluding hydrogens is 282 g/mol. The molecule has 2 rings (SSSR count). The van der Waals surface area contributed by atoms with Crippen molar-refractivity contribution in [3.05, 3.63) is 23.2 Å². The van der Waals surface area contributed by atoms with Crippen LogP contribution in [0.15, 0.2) is 18.2 Å². The summed E-state index contributed by atoms with van der Waals surface area (Å²) >= 11 is 5.95. The third kappa shape index (κ3) is 2.72. The zero-order chi connectivity index (χ0) is 14.9. The van der Waals surface area contributed by atoms with Gasteiger partial charge in [0, 0.05) is 5.02 Å². The molecule has 0 spiro atoms. The van der Waals surface area contributed by atoms with Crippen LogP contribution in [0.4, 0.5) is 5.69 Å². The second-order valence-electron chi connectivity index (χ2n) is 4.92.